The van der Waals surface area contributed by atoms with Gasteiger partial charge in [0.1, 0.15) is 0 Å². The van der Waals surface area contributed by atoms with E-state index in [1.54, 1.807) is 13.8 Å². The summed E-state index contributed by atoms with van der Waals surface area (Å²) < 4.78 is 62.5. The average Bonchev–Trinajstić information content (AvgIpc) is 2.46. The van der Waals surface area contributed by atoms with Gasteiger partial charge in [-0.2, -0.15) is 16.8 Å². The van der Waals surface area contributed by atoms with Crippen LogP contribution in [0.3, 0.4) is 0 Å². The lowest BCUT2D eigenvalue weighted by Crippen LogP contribution is -2.57. The molecule has 3 unspecified atom stereocenters. The topological polar surface area (TPSA) is 135 Å². The van der Waals surface area contributed by atoms with Crippen molar-refractivity contribution in [3.8, 4) is 0 Å². The molecule has 9 heteroatoms. The summed E-state index contributed by atoms with van der Waals surface area (Å²) in [5.74, 6) is 0.0912. The van der Waals surface area contributed by atoms with Crippen LogP contribution in [0.4, 0.5) is 0 Å². The third-order valence-corrected chi connectivity index (χ3v) is 8.67. The molecule has 2 bridgehead atoms. The summed E-state index contributed by atoms with van der Waals surface area (Å²) in [6.07, 6.45) is 1.40. The summed E-state index contributed by atoms with van der Waals surface area (Å²) >= 11 is 0. The van der Waals surface area contributed by atoms with Crippen LogP contribution in [0.1, 0.15) is 33.1 Å². The van der Waals surface area contributed by atoms with Crippen LogP contribution >= 0.6 is 0 Å². The molecule has 0 radical (unpaired) electrons. The molecule has 2 fully saturated rings. The van der Waals surface area contributed by atoms with Crippen molar-refractivity contribution in [2.24, 2.45) is 22.5 Å². The molecule has 4 N–H and O–H groups in total. The summed E-state index contributed by atoms with van der Waals surface area (Å²) in [4.78, 5) is 0. The van der Waals surface area contributed by atoms with Crippen LogP contribution in [0, 0.1) is 16.7 Å². The first-order valence-electron chi connectivity index (χ1n) is 6.03. The van der Waals surface area contributed by atoms with Crippen LogP contribution in [-0.4, -0.2) is 36.6 Å². The lowest BCUT2D eigenvalue weighted by atomic mass is 9.69. The molecule has 3 atom stereocenters. The van der Waals surface area contributed by atoms with Crippen molar-refractivity contribution in [3.05, 3.63) is 0 Å². The zero-order valence-corrected chi connectivity index (χ0v) is 12.4. The fraction of sp³-hybridized carbons (Fsp3) is 1.00. The van der Waals surface area contributed by atoms with Crippen LogP contribution in [0.25, 0.3) is 0 Å². The van der Waals surface area contributed by atoms with Crippen LogP contribution in [0.5, 0.6) is 0 Å². The monoisotopic (exact) mass is 313 g/mol. The Morgan fingerprint density at radius 2 is 1.63 bits per heavy atom. The van der Waals surface area contributed by atoms with Gasteiger partial charge in [-0.25, -0.2) is 0 Å². The van der Waals surface area contributed by atoms with Gasteiger partial charge in [0.2, 0.25) is 4.58 Å². The minimum absolute atomic E-state index is 0.0912. The third kappa shape index (κ3) is 1.86. The van der Waals surface area contributed by atoms with Gasteiger partial charge in [0.15, 0.2) is 0 Å². The predicted octanol–water partition coefficient (Wildman–Crippen LogP) is 0.242. The normalized spacial score (nSPS) is 38.0. The Morgan fingerprint density at radius 3 is 1.89 bits per heavy atom. The van der Waals surface area contributed by atoms with Gasteiger partial charge in [-0.3, -0.25) is 9.11 Å². The highest BCUT2D eigenvalue weighted by molar-refractivity contribution is 8.04. The second-order valence-corrected chi connectivity index (χ2v) is 9.50. The molecule has 0 aromatic carbocycles. The summed E-state index contributed by atoms with van der Waals surface area (Å²) in [6.45, 7) is 3.50. The molecule has 0 saturated heterocycles. The second-order valence-electron chi connectivity index (χ2n) is 6.20. The van der Waals surface area contributed by atoms with Gasteiger partial charge in [0.05, 0.1) is 0 Å². The van der Waals surface area contributed by atoms with Crippen molar-refractivity contribution in [1.29, 1.82) is 0 Å². The number of rotatable bonds is 3. The molecule has 2 aliphatic rings. The van der Waals surface area contributed by atoms with Crippen LogP contribution in [0.15, 0.2) is 0 Å². The molecule has 7 nitrogen and oxygen atoms in total. The standard InChI is InChI=1S/C10H19NO6S2/c1-9(2)6-3-4-10(9,7(11)5-6)8(18(12,13)14)19(15,16)17/h6-8H,3-5,11H2,1-2H3,(H,12,13,14)(H,15,16,17). The van der Waals surface area contributed by atoms with Crippen LogP contribution < -0.4 is 5.73 Å². The number of hydrogen-bond acceptors (Lipinski definition) is 5. The molecule has 0 aromatic rings. The number of hydrogen-bond donors (Lipinski definition) is 3. The van der Waals surface area contributed by atoms with E-state index in [1.807, 2.05) is 0 Å². The zero-order valence-electron chi connectivity index (χ0n) is 10.8. The van der Waals surface area contributed by atoms with E-state index >= 15 is 0 Å². The van der Waals surface area contributed by atoms with E-state index in [9.17, 15) is 25.9 Å². The molecule has 112 valence electrons. The Bertz CT molecular complexity index is 564. The highest BCUT2D eigenvalue weighted by atomic mass is 32.3. The molecular formula is C10H19NO6S2. The Hall–Kier alpha value is -0.220. The molecular weight excluding hydrogens is 294 g/mol. The summed E-state index contributed by atoms with van der Waals surface area (Å²) in [7, 11) is -9.94. The molecule has 2 rings (SSSR count). The van der Waals surface area contributed by atoms with E-state index in [2.05, 4.69) is 0 Å². The number of nitrogens with two attached hydrogens (primary N) is 1. The maximum atomic E-state index is 11.5. The molecule has 2 aliphatic carbocycles. The fourth-order valence-electron chi connectivity index (χ4n) is 4.35. The lowest BCUT2D eigenvalue weighted by Gasteiger charge is -2.43. The van der Waals surface area contributed by atoms with Gasteiger partial charge in [0.25, 0.3) is 20.2 Å². The molecule has 0 aromatic heterocycles. The van der Waals surface area contributed by atoms with Crippen molar-refractivity contribution in [1.82, 2.24) is 0 Å². The van der Waals surface area contributed by atoms with E-state index in [4.69, 9.17) is 5.73 Å². The molecule has 2 saturated carbocycles. The maximum absolute atomic E-state index is 11.5. The molecule has 19 heavy (non-hydrogen) atoms. The summed E-state index contributed by atoms with van der Waals surface area (Å²) in [5, 5.41) is 0. The Kier molecular flexibility index (Phi) is 3.12. The quantitative estimate of drug-likeness (QED) is 0.635. The average molecular weight is 313 g/mol. The molecule has 0 amide bonds. The van der Waals surface area contributed by atoms with Gasteiger partial charge in [0, 0.05) is 11.5 Å². The smallest absolute Gasteiger partial charge is 0.285 e. The van der Waals surface area contributed by atoms with E-state index in [-0.39, 0.29) is 12.3 Å². The van der Waals surface area contributed by atoms with Gasteiger partial charge in [-0.05, 0) is 30.6 Å². The van der Waals surface area contributed by atoms with Crippen molar-refractivity contribution in [2.45, 2.75) is 43.7 Å². The highest BCUT2D eigenvalue weighted by Gasteiger charge is 2.71. The lowest BCUT2D eigenvalue weighted by molar-refractivity contribution is 0.121. The molecule has 0 spiro atoms. The Balaban J connectivity index is 2.72. The first-order valence-corrected chi connectivity index (χ1v) is 9.04. The Morgan fingerprint density at radius 1 is 1.16 bits per heavy atom. The zero-order chi connectivity index (χ0) is 14.9. The second kappa shape index (κ2) is 3.91. The van der Waals surface area contributed by atoms with Gasteiger partial charge < -0.3 is 5.73 Å². The molecule has 0 heterocycles. The Labute approximate surface area is 113 Å². The highest BCUT2D eigenvalue weighted by Crippen LogP contribution is 2.68. The number of fused-ring (bicyclic) bond motifs is 2. The van der Waals surface area contributed by atoms with E-state index in [1.165, 1.54) is 0 Å². The van der Waals surface area contributed by atoms with Crippen molar-refractivity contribution < 1.29 is 25.9 Å². The van der Waals surface area contributed by atoms with Crippen molar-refractivity contribution in [2.75, 3.05) is 0 Å². The predicted molar refractivity (Wildman–Crippen MR) is 68.4 cm³/mol. The van der Waals surface area contributed by atoms with Crippen LogP contribution in [0.2, 0.25) is 0 Å². The van der Waals surface area contributed by atoms with Gasteiger partial charge in [-0.15, -0.1) is 0 Å². The first-order chi connectivity index (χ1) is 8.35. The first kappa shape index (κ1) is 15.2. The minimum Gasteiger partial charge on any atom is -0.327 e. The van der Waals surface area contributed by atoms with Crippen LogP contribution in [-0.2, 0) is 20.2 Å². The van der Waals surface area contributed by atoms with E-state index in [0.29, 0.717) is 12.8 Å². The summed E-state index contributed by atoms with van der Waals surface area (Å²) in [5.41, 5.74) is 3.95. The van der Waals surface area contributed by atoms with Crippen molar-refractivity contribution in [3.63, 3.8) is 0 Å². The minimum atomic E-state index is -4.97. The van der Waals surface area contributed by atoms with Gasteiger partial charge >= 0.3 is 0 Å². The van der Waals surface area contributed by atoms with Crippen molar-refractivity contribution >= 4 is 20.2 Å². The van der Waals surface area contributed by atoms with E-state index in [0.717, 1.165) is 0 Å². The third-order valence-electron chi connectivity index (χ3n) is 5.29. The summed E-state index contributed by atoms with van der Waals surface area (Å²) in [6, 6.07) is -0.685. The largest absolute Gasteiger partial charge is 0.327 e. The van der Waals surface area contributed by atoms with E-state index < -0.39 is 41.7 Å². The fourth-order valence-corrected chi connectivity index (χ4v) is 7.84. The van der Waals surface area contributed by atoms with Gasteiger partial charge in [-0.1, -0.05) is 13.8 Å². The SMILES string of the molecule is CC1(C)C2CCC1(C(S(=O)(=O)O)S(=O)(=O)O)C(N)C2. The maximum Gasteiger partial charge on any atom is 0.285 e. The molecule has 0 aliphatic heterocycles.